The van der Waals surface area contributed by atoms with Crippen molar-refractivity contribution in [3.05, 3.63) is 34.5 Å². The highest BCUT2D eigenvalue weighted by Crippen LogP contribution is 2.41. The first-order valence-corrected chi connectivity index (χ1v) is 10.7. The SMILES string of the molecule is CCn1cc2c(n1)-c1c(C)c(C(=O)C3C(=O)CC(=O)CC3=O)cc(C)c1S(=O)C2. The molecule has 2 aliphatic rings. The van der Waals surface area contributed by atoms with Crippen molar-refractivity contribution in [3.63, 3.8) is 0 Å². The van der Waals surface area contributed by atoms with Crippen LogP contribution in [-0.2, 0) is 37.5 Å². The van der Waals surface area contributed by atoms with Crippen molar-refractivity contribution in [1.29, 1.82) is 0 Å². The summed E-state index contributed by atoms with van der Waals surface area (Å²) in [4.78, 5) is 49.9. The molecule has 1 saturated carbocycles. The maximum absolute atomic E-state index is 13.2. The number of benzene rings is 1. The molecule has 7 nitrogen and oxygen atoms in total. The van der Waals surface area contributed by atoms with Crippen LogP contribution in [-0.4, -0.2) is 37.1 Å². The van der Waals surface area contributed by atoms with E-state index in [0.29, 0.717) is 39.6 Å². The summed E-state index contributed by atoms with van der Waals surface area (Å²) in [5, 5.41) is 4.59. The molecule has 0 N–H and O–H groups in total. The summed E-state index contributed by atoms with van der Waals surface area (Å²) in [6.45, 7) is 6.11. The number of ketones is 4. The van der Waals surface area contributed by atoms with Crippen LogP contribution in [0.3, 0.4) is 0 Å². The zero-order valence-electron chi connectivity index (χ0n) is 16.4. The number of hydrogen-bond acceptors (Lipinski definition) is 6. The van der Waals surface area contributed by atoms with Gasteiger partial charge in [-0.15, -0.1) is 0 Å². The molecule has 0 bridgehead atoms. The lowest BCUT2D eigenvalue weighted by Crippen LogP contribution is -2.39. The molecule has 0 amide bonds. The Balaban J connectivity index is 1.89. The molecule has 2 aromatic rings. The van der Waals surface area contributed by atoms with Gasteiger partial charge in [0.15, 0.2) is 17.3 Å². The van der Waals surface area contributed by atoms with Crippen molar-refractivity contribution in [2.24, 2.45) is 5.92 Å². The van der Waals surface area contributed by atoms with Crippen LogP contribution in [0.25, 0.3) is 11.3 Å². The Morgan fingerprint density at radius 3 is 2.48 bits per heavy atom. The van der Waals surface area contributed by atoms with Crippen LogP contribution in [0.2, 0.25) is 0 Å². The number of rotatable bonds is 3. The van der Waals surface area contributed by atoms with Crippen molar-refractivity contribution in [2.45, 2.75) is 50.8 Å². The van der Waals surface area contributed by atoms with Crippen molar-refractivity contribution in [2.75, 3.05) is 0 Å². The lowest BCUT2D eigenvalue weighted by molar-refractivity contribution is -0.139. The average molecular weight is 412 g/mol. The highest BCUT2D eigenvalue weighted by atomic mass is 32.2. The minimum atomic E-state index is -1.44. The molecular formula is C21H20N2O5S. The first-order chi connectivity index (χ1) is 13.7. The molecule has 1 atom stereocenters. The Labute approximate surface area is 169 Å². The van der Waals surface area contributed by atoms with Gasteiger partial charge in [-0.1, -0.05) is 0 Å². The number of nitrogens with zero attached hydrogens (tertiary/aromatic N) is 2. The van der Waals surface area contributed by atoms with Gasteiger partial charge in [0.1, 0.15) is 11.7 Å². The molecule has 1 fully saturated rings. The molecule has 29 heavy (non-hydrogen) atoms. The smallest absolute Gasteiger partial charge is 0.181 e. The topological polar surface area (TPSA) is 103 Å². The van der Waals surface area contributed by atoms with E-state index in [0.717, 1.165) is 5.56 Å². The first kappa shape index (κ1) is 19.6. The van der Waals surface area contributed by atoms with E-state index in [1.807, 2.05) is 13.1 Å². The monoisotopic (exact) mass is 412 g/mol. The Bertz CT molecular complexity index is 1120. The van der Waals surface area contributed by atoms with E-state index in [-0.39, 0.29) is 18.4 Å². The van der Waals surface area contributed by atoms with E-state index in [1.165, 1.54) is 0 Å². The normalized spacial score (nSPS) is 19.3. The van der Waals surface area contributed by atoms with Gasteiger partial charge in [0.2, 0.25) is 0 Å². The third-order valence-electron chi connectivity index (χ3n) is 5.55. The molecule has 1 aliphatic heterocycles. The molecular weight excluding hydrogens is 392 g/mol. The molecule has 0 spiro atoms. The van der Waals surface area contributed by atoms with E-state index in [4.69, 9.17) is 0 Å². The van der Waals surface area contributed by atoms with Crippen LogP contribution in [0.15, 0.2) is 17.2 Å². The summed E-state index contributed by atoms with van der Waals surface area (Å²) in [5.41, 5.74) is 3.65. The zero-order valence-corrected chi connectivity index (χ0v) is 17.2. The average Bonchev–Trinajstić information content (AvgIpc) is 3.05. The third-order valence-corrected chi connectivity index (χ3v) is 7.11. The minimum absolute atomic E-state index is 0.248. The van der Waals surface area contributed by atoms with Gasteiger partial charge in [-0.3, -0.25) is 28.1 Å². The molecule has 1 aromatic heterocycles. The molecule has 1 unspecified atom stereocenters. The molecule has 4 rings (SSSR count). The largest absolute Gasteiger partial charge is 0.299 e. The lowest BCUT2D eigenvalue weighted by atomic mass is 9.79. The fourth-order valence-electron chi connectivity index (χ4n) is 4.16. The van der Waals surface area contributed by atoms with Gasteiger partial charge in [-0.25, -0.2) is 0 Å². The lowest BCUT2D eigenvalue weighted by Gasteiger charge is -2.23. The minimum Gasteiger partial charge on any atom is -0.299 e. The van der Waals surface area contributed by atoms with Gasteiger partial charge in [0.05, 0.1) is 40.0 Å². The van der Waals surface area contributed by atoms with E-state index in [2.05, 4.69) is 5.10 Å². The van der Waals surface area contributed by atoms with E-state index < -0.39 is 39.9 Å². The second kappa shape index (κ2) is 6.95. The molecule has 8 heteroatoms. The summed E-state index contributed by atoms with van der Waals surface area (Å²) in [6, 6.07) is 1.60. The first-order valence-electron chi connectivity index (χ1n) is 9.43. The Morgan fingerprint density at radius 2 is 1.86 bits per heavy atom. The Hall–Kier alpha value is -2.74. The highest BCUT2D eigenvalue weighted by Gasteiger charge is 2.41. The third kappa shape index (κ3) is 3.02. The predicted molar refractivity (Wildman–Crippen MR) is 105 cm³/mol. The van der Waals surface area contributed by atoms with Crippen molar-refractivity contribution < 1.29 is 23.4 Å². The summed E-state index contributed by atoms with van der Waals surface area (Å²) >= 11 is 0. The van der Waals surface area contributed by atoms with Crippen LogP contribution in [0.5, 0.6) is 0 Å². The van der Waals surface area contributed by atoms with E-state index in [1.54, 1.807) is 24.6 Å². The van der Waals surface area contributed by atoms with Crippen molar-refractivity contribution in [3.8, 4) is 11.3 Å². The quantitative estimate of drug-likeness (QED) is 0.565. The summed E-state index contributed by atoms with van der Waals surface area (Å²) < 4.78 is 14.6. The Morgan fingerprint density at radius 1 is 1.21 bits per heavy atom. The number of aryl methyl sites for hydroxylation is 2. The second-order valence-corrected chi connectivity index (χ2v) is 8.93. The molecule has 1 aromatic carbocycles. The standard InChI is InChI=1S/C21H20N2O5S/c1-4-23-8-12-9-29(28)21-10(2)5-14(11(3)17(21)19(12)22-23)20(27)18-15(25)6-13(24)7-16(18)26/h5,8,18H,4,6-7,9H2,1-3H3. The van der Waals surface area contributed by atoms with Crippen LogP contribution >= 0.6 is 0 Å². The molecule has 0 saturated heterocycles. The number of aromatic nitrogens is 2. The van der Waals surface area contributed by atoms with Crippen LogP contribution in [0.1, 0.15) is 46.8 Å². The number of carbonyl (C=O) groups is 4. The summed E-state index contributed by atoms with van der Waals surface area (Å²) in [5.74, 6) is -3.42. The fourth-order valence-corrected chi connectivity index (χ4v) is 5.70. The highest BCUT2D eigenvalue weighted by molar-refractivity contribution is 7.84. The fraction of sp³-hybridized carbons (Fsp3) is 0.381. The number of hydrogen-bond donors (Lipinski definition) is 0. The van der Waals surface area contributed by atoms with Gasteiger partial charge in [0.25, 0.3) is 0 Å². The van der Waals surface area contributed by atoms with Crippen molar-refractivity contribution in [1.82, 2.24) is 9.78 Å². The molecule has 1 aliphatic carbocycles. The van der Waals surface area contributed by atoms with Crippen LogP contribution in [0, 0.1) is 19.8 Å². The molecule has 2 heterocycles. The van der Waals surface area contributed by atoms with E-state index >= 15 is 0 Å². The van der Waals surface area contributed by atoms with Gasteiger partial charge in [0, 0.05) is 29.4 Å². The predicted octanol–water partition coefficient (Wildman–Crippen LogP) is 2.11. The van der Waals surface area contributed by atoms with E-state index in [9.17, 15) is 23.4 Å². The summed E-state index contributed by atoms with van der Waals surface area (Å²) in [6.07, 6.45) is 1.08. The Kier molecular flexibility index (Phi) is 4.69. The number of fused-ring (bicyclic) bond motifs is 3. The van der Waals surface area contributed by atoms with Crippen LogP contribution < -0.4 is 0 Å². The van der Waals surface area contributed by atoms with Gasteiger partial charge < -0.3 is 0 Å². The maximum Gasteiger partial charge on any atom is 0.181 e. The second-order valence-electron chi connectivity index (χ2n) is 7.54. The maximum atomic E-state index is 13.2. The van der Waals surface area contributed by atoms with Crippen LogP contribution in [0.4, 0.5) is 0 Å². The van der Waals surface area contributed by atoms with Gasteiger partial charge >= 0.3 is 0 Å². The number of Topliss-reactive ketones (excluding diaryl/α,β-unsaturated/α-hetero) is 4. The summed E-state index contributed by atoms with van der Waals surface area (Å²) in [7, 11) is -1.28. The van der Waals surface area contributed by atoms with Gasteiger partial charge in [-0.2, -0.15) is 5.10 Å². The van der Waals surface area contributed by atoms with Gasteiger partial charge in [-0.05, 0) is 38.0 Å². The number of carbonyl (C=O) groups excluding carboxylic acids is 4. The molecule has 150 valence electrons. The van der Waals surface area contributed by atoms with Crippen molar-refractivity contribution >= 4 is 33.9 Å². The molecule has 0 radical (unpaired) electrons. The zero-order chi connectivity index (χ0) is 21.0.